The first-order chi connectivity index (χ1) is 16.6. The van der Waals surface area contributed by atoms with E-state index >= 15 is 0 Å². The third-order valence-electron chi connectivity index (χ3n) is 6.71. The van der Waals surface area contributed by atoms with Crippen molar-refractivity contribution in [3.05, 3.63) is 87.4 Å². The standard InChI is InChI=1S/C27H30ClN3O3S/c1-18-8-10-23(16-20(18)3)29-35(33,34)26-17-22(9-11-24(26)28)27(32)31-14-12-30(13-15-31)25-7-5-6-19(2)21(25)4/h5-11,16-17,29H,12-15H2,1-4H3. The highest BCUT2D eigenvalue weighted by Gasteiger charge is 2.26. The molecule has 1 heterocycles. The van der Waals surface area contributed by atoms with Crippen LogP contribution in [0.4, 0.5) is 11.4 Å². The van der Waals surface area contributed by atoms with Crippen LogP contribution in [0.15, 0.2) is 59.5 Å². The first-order valence-electron chi connectivity index (χ1n) is 11.6. The molecular formula is C27H30ClN3O3S. The number of sulfonamides is 1. The molecule has 0 unspecified atom stereocenters. The summed E-state index contributed by atoms with van der Waals surface area (Å²) in [6.07, 6.45) is 0. The van der Waals surface area contributed by atoms with Crippen molar-refractivity contribution in [1.82, 2.24) is 4.90 Å². The van der Waals surface area contributed by atoms with Gasteiger partial charge in [0.15, 0.2) is 0 Å². The van der Waals surface area contributed by atoms with E-state index < -0.39 is 10.0 Å². The number of nitrogens with zero attached hydrogens (tertiary/aromatic N) is 2. The van der Waals surface area contributed by atoms with E-state index in [0.717, 1.165) is 11.1 Å². The van der Waals surface area contributed by atoms with E-state index in [9.17, 15) is 13.2 Å². The Labute approximate surface area is 212 Å². The number of amides is 1. The van der Waals surface area contributed by atoms with Gasteiger partial charge in [0.25, 0.3) is 15.9 Å². The molecule has 0 atom stereocenters. The van der Waals surface area contributed by atoms with Crippen molar-refractivity contribution in [3.63, 3.8) is 0 Å². The second-order valence-electron chi connectivity index (χ2n) is 9.05. The van der Waals surface area contributed by atoms with Crippen molar-refractivity contribution in [2.24, 2.45) is 0 Å². The summed E-state index contributed by atoms with van der Waals surface area (Å²) in [4.78, 5) is 17.2. The number of aryl methyl sites for hydroxylation is 3. The maximum atomic E-state index is 13.2. The van der Waals surface area contributed by atoms with Crippen LogP contribution in [-0.4, -0.2) is 45.4 Å². The third-order valence-corrected chi connectivity index (χ3v) is 8.57. The van der Waals surface area contributed by atoms with Crippen molar-refractivity contribution < 1.29 is 13.2 Å². The molecule has 0 aromatic heterocycles. The van der Waals surface area contributed by atoms with E-state index in [4.69, 9.17) is 11.6 Å². The number of nitrogens with one attached hydrogen (secondary N) is 1. The van der Waals surface area contributed by atoms with Crippen LogP contribution in [0.5, 0.6) is 0 Å². The molecule has 0 bridgehead atoms. The zero-order valence-corrected chi connectivity index (χ0v) is 22.0. The molecule has 6 nitrogen and oxygen atoms in total. The summed E-state index contributed by atoms with van der Waals surface area (Å²) in [5, 5.41) is 0.0672. The number of piperazine rings is 1. The summed E-state index contributed by atoms with van der Waals surface area (Å²) in [5.74, 6) is -0.204. The lowest BCUT2D eigenvalue weighted by atomic mass is 10.1. The van der Waals surface area contributed by atoms with Crippen LogP contribution in [0.1, 0.15) is 32.6 Å². The Morgan fingerprint density at radius 1 is 0.857 bits per heavy atom. The molecule has 1 aliphatic rings. The van der Waals surface area contributed by atoms with Gasteiger partial charge < -0.3 is 9.80 Å². The van der Waals surface area contributed by atoms with Crippen LogP contribution < -0.4 is 9.62 Å². The Morgan fingerprint density at radius 3 is 2.26 bits per heavy atom. The summed E-state index contributed by atoms with van der Waals surface area (Å²) in [5.41, 5.74) is 6.46. The van der Waals surface area contributed by atoms with Gasteiger partial charge in [0.2, 0.25) is 0 Å². The Kier molecular flexibility index (Phi) is 7.10. The molecule has 4 rings (SSSR count). The molecule has 184 valence electrons. The smallest absolute Gasteiger partial charge is 0.263 e. The summed E-state index contributed by atoms with van der Waals surface area (Å²) in [6, 6.07) is 16.0. The maximum absolute atomic E-state index is 13.2. The highest BCUT2D eigenvalue weighted by atomic mass is 35.5. The minimum absolute atomic E-state index is 0.0672. The van der Waals surface area contributed by atoms with Crippen molar-refractivity contribution in [2.45, 2.75) is 32.6 Å². The van der Waals surface area contributed by atoms with Gasteiger partial charge in [-0.15, -0.1) is 0 Å². The van der Waals surface area contributed by atoms with E-state index in [-0.39, 0.29) is 15.8 Å². The summed E-state index contributed by atoms with van der Waals surface area (Å²) in [6.45, 7) is 10.6. The van der Waals surface area contributed by atoms with Gasteiger partial charge in [-0.25, -0.2) is 8.42 Å². The molecular weight excluding hydrogens is 482 g/mol. The average molecular weight is 512 g/mol. The van der Waals surface area contributed by atoms with Gasteiger partial charge in [0.05, 0.1) is 5.02 Å². The third kappa shape index (κ3) is 5.31. The molecule has 1 saturated heterocycles. The summed E-state index contributed by atoms with van der Waals surface area (Å²) in [7, 11) is -3.97. The molecule has 1 amide bonds. The molecule has 3 aromatic rings. The molecule has 0 aliphatic carbocycles. The Bertz CT molecular complexity index is 1380. The molecule has 1 fully saturated rings. The molecule has 1 N–H and O–H groups in total. The van der Waals surface area contributed by atoms with Crippen molar-refractivity contribution >= 4 is 38.9 Å². The number of carbonyl (C=O) groups excluding carboxylic acids is 1. The van der Waals surface area contributed by atoms with Gasteiger partial charge in [-0.05, 0) is 86.3 Å². The first kappa shape index (κ1) is 25.1. The van der Waals surface area contributed by atoms with Gasteiger partial charge in [0.1, 0.15) is 4.90 Å². The molecule has 8 heteroatoms. The van der Waals surface area contributed by atoms with Crippen LogP contribution in [0, 0.1) is 27.7 Å². The molecule has 0 saturated carbocycles. The van der Waals surface area contributed by atoms with E-state index in [0.29, 0.717) is 37.4 Å². The van der Waals surface area contributed by atoms with Crippen molar-refractivity contribution in [2.75, 3.05) is 35.8 Å². The fourth-order valence-electron chi connectivity index (χ4n) is 4.27. The number of hydrogen-bond donors (Lipinski definition) is 1. The normalized spacial score (nSPS) is 14.2. The summed E-state index contributed by atoms with van der Waals surface area (Å²) < 4.78 is 28.8. The fraction of sp³-hybridized carbons (Fsp3) is 0.296. The lowest BCUT2D eigenvalue weighted by Crippen LogP contribution is -2.49. The highest BCUT2D eigenvalue weighted by Crippen LogP contribution is 2.28. The second kappa shape index (κ2) is 9.91. The second-order valence-corrected chi connectivity index (χ2v) is 11.1. The van der Waals surface area contributed by atoms with Crippen LogP contribution >= 0.6 is 11.6 Å². The topological polar surface area (TPSA) is 69.7 Å². The van der Waals surface area contributed by atoms with E-state index in [2.05, 4.69) is 41.7 Å². The van der Waals surface area contributed by atoms with Gasteiger partial charge in [-0.2, -0.15) is 0 Å². The quantitative estimate of drug-likeness (QED) is 0.502. The van der Waals surface area contributed by atoms with E-state index in [1.165, 1.54) is 28.9 Å². The predicted molar refractivity (Wildman–Crippen MR) is 142 cm³/mol. The van der Waals surface area contributed by atoms with Crippen LogP contribution in [0.2, 0.25) is 5.02 Å². The predicted octanol–water partition coefficient (Wildman–Crippen LogP) is 5.34. The van der Waals surface area contributed by atoms with E-state index in [1.807, 2.05) is 19.9 Å². The number of benzene rings is 3. The van der Waals surface area contributed by atoms with Crippen LogP contribution in [0.25, 0.3) is 0 Å². The number of anilines is 2. The fourth-order valence-corrected chi connectivity index (χ4v) is 5.84. The minimum Gasteiger partial charge on any atom is -0.368 e. The van der Waals surface area contributed by atoms with E-state index in [1.54, 1.807) is 23.1 Å². The first-order valence-corrected chi connectivity index (χ1v) is 13.4. The van der Waals surface area contributed by atoms with Crippen LogP contribution in [-0.2, 0) is 10.0 Å². The SMILES string of the molecule is Cc1ccc(NS(=O)(=O)c2cc(C(=O)N3CCN(c4cccc(C)c4C)CC3)ccc2Cl)cc1C. The number of halogens is 1. The average Bonchev–Trinajstić information content (AvgIpc) is 2.83. The Balaban J connectivity index is 1.50. The van der Waals surface area contributed by atoms with Crippen LogP contribution in [0.3, 0.4) is 0 Å². The molecule has 1 aliphatic heterocycles. The minimum atomic E-state index is -3.97. The lowest BCUT2D eigenvalue weighted by Gasteiger charge is -2.37. The number of rotatable bonds is 5. The van der Waals surface area contributed by atoms with Gasteiger partial charge in [-0.3, -0.25) is 9.52 Å². The number of carbonyl (C=O) groups is 1. The number of hydrogen-bond acceptors (Lipinski definition) is 4. The highest BCUT2D eigenvalue weighted by molar-refractivity contribution is 7.92. The lowest BCUT2D eigenvalue weighted by molar-refractivity contribution is 0.0746. The molecule has 0 radical (unpaired) electrons. The molecule has 3 aromatic carbocycles. The van der Waals surface area contributed by atoms with Gasteiger partial charge in [-0.1, -0.05) is 29.8 Å². The zero-order valence-electron chi connectivity index (χ0n) is 20.4. The monoisotopic (exact) mass is 511 g/mol. The van der Waals surface area contributed by atoms with Gasteiger partial charge in [0, 0.05) is 43.1 Å². The zero-order chi connectivity index (χ0) is 25.3. The summed E-state index contributed by atoms with van der Waals surface area (Å²) >= 11 is 6.26. The molecule has 35 heavy (non-hydrogen) atoms. The molecule has 0 spiro atoms. The van der Waals surface area contributed by atoms with Gasteiger partial charge >= 0.3 is 0 Å². The van der Waals surface area contributed by atoms with Crippen molar-refractivity contribution in [3.8, 4) is 0 Å². The van der Waals surface area contributed by atoms with Crippen molar-refractivity contribution in [1.29, 1.82) is 0 Å². The Hall–Kier alpha value is -3.03. The maximum Gasteiger partial charge on any atom is 0.263 e. The Morgan fingerprint density at radius 2 is 1.57 bits per heavy atom. The largest absolute Gasteiger partial charge is 0.368 e.